The van der Waals surface area contributed by atoms with E-state index in [-0.39, 0.29) is 12.1 Å². The fourth-order valence-corrected chi connectivity index (χ4v) is 3.19. The average Bonchev–Trinajstić information content (AvgIpc) is 2.68. The number of rotatable bonds is 6. The molecule has 2 aromatic carbocycles. The summed E-state index contributed by atoms with van der Waals surface area (Å²) in [6, 6.07) is 17.3. The summed E-state index contributed by atoms with van der Waals surface area (Å²) in [4.78, 5) is 14.3. The molecule has 1 saturated heterocycles. The van der Waals surface area contributed by atoms with Gasteiger partial charge in [-0.2, -0.15) is 0 Å². The molecule has 0 bridgehead atoms. The molecule has 1 aliphatic rings. The standard InChI is InChI=1S/C20H24ClN3O2/c21-17-9-4-5-10-18(17)23-20(25)22-11-6-12-24-13-14-26-19(15-24)16-7-2-1-3-8-16/h1-5,7-10,19H,6,11-15H2,(H2,22,23,25)/t19-/m0/s1. The number of amides is 2. The molecule has 26 heavy (non-hydrogen) atoms. The lowest BCUT2D eigenvalue weighted by Crippen LogP contribution is -2.40. The zero-order chi connectivity index (χ0) is 18.2. The fourth-order valence-electron chi connectivity index (χ4n) is 3.01. The molecule has 138 valence electrons. The summed E-state index contributed by atoms with van der Waals surface area (Å²) >= 11 is 6.03. The lowest BCUT2D eigenvalue weighted by atomic mass is 10.1. The average molecular weight is 374 g/mol. The quantitative estimate of drug-likeness (QED) is 0.754. The van der Waals surface area contributed by atoms with Gasteiger partial charge in [-0.05, 0) is 24.1 Å². The fraction of sp³-hybridized carbons (Fsp3) is 0.350. The predicted octanol–water partition coefficient (Wildman–Crippen LogP) is 3.93. The van der Waals surface area contributed by atoms with Crippen LogP contribution in [0.25, 0.3) is 0 Å². The minimum absolute atomic E-state index is 0.126. The number of hydrogen-bond acceptors (Lipinski definition) is 3. The van der Waals surface area contributed by atoms with Crippen molar-refractivity contribution in [1.82, 2.24) is 10.2 Å². The van der Waals surface area contributed by atoms with Crippen LogP contribution in [-0.4, -0.2) is 43.7 Å². The molecule has 0 aliphatic carbocycles. The number of hydrogen-bond donors (Lipinski definition) is 2. The Kier molecular flexibility index (Phi) is 6.89. The molecule has 0 spiro atoms. The summed E-state index contributed by atoms with van der Waals surface area (Å²) in [5.74, 6) is 0. The van der Waals surface area contributed by atoms with Crippen molar-refractivity contribution < 1.29 is 9.53 Å². The molecule has 0 unspecified atom stereocenters. The molecule has 0 saturated carbocycles. The number of anilines is 1. The maximum absolute atomic E-state index is 11.9. The van der Waals surface area contributed by atoms with Gasteiger partial charge in [-0.15, -0.1) is 0 Å². The largest absolute Gasteiger partial charge is 0.371 e. The van der Waals surface area contributed by atoms with E-state index >= 15 is 0 Å². The SMILES string of the molecule is O=C(NCCCN1CCO[C@H](c2ccccc2)C1)Nc1ccccc1Cl. The number of carbonyl (C=O) groups excluding carboxylic acids is 1. The number of nitrogens with one attached hydrogen (secondary N) is 2. The van der Waals surface area contributed by atoms with Crippen LogP contribution in [0, 0.1) is 0 Å². The van der Waals surface area contributed by atoms with Crippen molar-refractivity contribution in [3.8, 4) is 0 Å². The summed E-state index contributed by atoms with van der Waals surface area (Å²) < 4.78 is 5.88. The smallest absolute Gasteiger partial charge is 0.319 e. The number of nitrogens with zero attached hydrogens (tertiary/aromatic N) is 1. The first-order chi connectivity index (χ1) is 12.7. The first-order valence-corrected chi connectivity index (χ1v) is 9.28. The van der Waals surface area contributed by atoms with Gasteiger partial charge >= 0.3 is 6.03 Å². The Balaban J connectivity index is 1.37. The number of morpholine rings is 1. The van der Waals surface area contributed by atoms with Crippen molar-refractivity contribution in [3.63, 3.8) is 0 Å². The number of urea groups is 1. The summed E-state index contributed by atoms with van der Waals surface area (Å²) in [6.45, 7) is 4.09. The van der Waals surface area contributed by atoms with Crippen molar-refractivity contribution in [2.75, 3.05) is 38.1 Å². The Morgan fingerprint density at radius 2 is 1.92 bits per heavy atom. The number of para-hydroxylation sites is 1. The van der Waals surface area contributed by atoms with E-state index in [0.717, 1.165) is 32.7 Å². The van der Waals surface area contributed by atoms with E-state index in [1.54, 1.807) is 12.1 Å². The van der Waals surface area contributed by atoms with E-state index in [0.29, 0.717) is 17.3 Å². The van der Waals surface area contributed by atoms with Crippen LogP contribution in [0.4, 0.5) is 10.5 Å². The molecule has 0 aromatic heterocycles. The maximum atomic E-state index is 11.9. The molecular weight excluding hydrogens is 350 g/mol. The highest BCUT2D eigenvalue weighted by molar-refractivity contribution is 6.33. The summed E-state index contributed by atoms with van der Waals surface area (Å²) in [5.41, 5.74) is 1.83. The molecule has 2 N–H and O–H groups in total. The third-order valence-corrected chi connectivity index (χ3v) is 4.71. The Hall–Kier alpha value is -2.08. The third-order valence-electron chi connectivity index (χ3n) is 4.38. The molecule has 1 heterocycles. The van der Waals surface area contributed by atoms with Crippen LogP contribution in [0.5, 0.6) is 0 Å². The van der Waals surface area contributed by atoms with E-state index in [1.807, 2.05) is 30.3 Å². The zero-order valence-electron chi connectivity index (χ0n) is 14.7. The van der Waals surface area contributed by atoms with Gasteiger partial charge in [0.2, 0.25) is 0 Å². The topological polar surface area (TPSA) is 53.6 Å². The van der Waals surface area contributed by atoms with Gasteiger partial charge in [0, 0.05) is 26.2 Å². The minimum atomic E-state index is -0.234. The second-order valence-corrected chi connectivity index (χ2v) is 6.69. The summed E-state index contributed by atoms with van der Waals surface area (Å²) in [5, 5.41) is 6.17. The van der Waals surface area contributed by atoms with Crippen LogP contribution in [0.3, 0.4) is 0 Å². The molecule has 1 fully saturated rings. The van der Waals surface area contributed by atoms with Gasteiger partial charge in [0.05, 0.1) is 23.4 Å². The molecular formula is C20H24ClN3O2. The van der Waals surface area contributed by atoms with Gasteiger partial charge in [0.15, 0.2) is 0 Å². The van der Waals surface area contributed by atoms with Crippen molar-refractivity contribution in [2.24, 2.45) is 0 Å². The van der Waals surface area contributed by atoms with Gasteiger partial charge < -0.3 is 15.4 Å². The highest BCUT2D eigenvalue weighted by Gasteiger charge is 2.21. The van der Waals surface area contributed by atoms with Crippen LogP contribution in [0.2, 0.25) is 5.02 Å². The highest BCUT2D eigenvalue weighted by atomic mass is 35.5. The van der Waals surface area contributed by atoms with Gasteiger partial charge in [-0.3, -0.25) is 4.90 Å². The monoisotopic (exact) mass is 373 g/mol. The summed E-state index contributed by atoms with van der Waals surface area (Å²) in [6.07, 6.45) is 1.01. The number of halogens is 1. The number of benzene rings is 2. The number of ether oxygens (including phenoxy) is 1. The first-order valence-electron chi connectivity index (χ1n) is 8.90. The zero-order valence-corrected chi connectivity index (χ0v) is 15.4. The lowest BCUT2D eigenvalue weighted by Gasteiger charge is -2.33. The third kappa shape index (κ3) is 5.46. The Labute approximate surface area is 159 Å². The van der Waals surface area contributed by atoms with Gasteiger partial charge in [0.1, 0.15) is 0 Å². The lowest BCUT2D eigenvalue weighted by molar-refractivity contribution is -0.0301. The van der Waals surface area contributed by atoms with E-state index < -0.39 is 0 Å². The minimum Gasteiger partial charge on any atom is -0.371 e. The van der Waals surface area contributed by atoms with Crippen LogP contribution in [-0.2, 0) is 4.74 Å². The number of carbonyl (C=O) groups is 1. The first kappa shape index (κ1) is 18.7. The molecule has 2 amide bonds. The van der Waals surface area contributed by atoms with Crippen molar-refractivity contribution in [3.05, 3.63) is 65.2 Å². The Bertz CT molecular complexity index is 711. The van der Waals surface area contributed by atoms with Crippen molar-refractivity contribution in [1.29, 1.82) is 0 Å². The van der Waals surface area contributed by atoms with Gasteiger partial charge in [-0.1, -0.05) is 54.1 Å². The van der Waals surface area contributed by atoms with Crippen molar-refractivity contribution in [2.45, 2.75) is 12.5 Å². The van der Waals surface area contributed by atoms with Crippen molar-refractivity contribution >= 4 is 23.3 Å². The van der Waals surface area contributed by atoms with Crippen LogP contribution < -0.4 is 10.6 Å². The molecule has 6 heteroatoms. The molecule has 0 radical (unpaired) electrons. The molecule has 1 aliphatic heterocycles. The van der Waals surface area contributed by atoms with E-state index in [1.165, 1.54) is 5.56 Å². The second-order valence-electron chi connectivity index (χ2n) is 6.29. The van der Waals surface area contributed by atoms with Crippen LogP contribution in [0.1, 0.15) is 18.1 Å². The van der Waals surface area contributed by atoms with Crippen LogP contribution >= 0.6 is 11.6 Å². The van der Waals surface area contributed by atoms with E-state index in [9.17, 15) is 4.79 Å². The molecule has 3 rings (SSSR count). The van der Waals surface area contributed by atoms with Gasteiger partial charge in [0.25, 0.3) is 0 Å². The van der Waals surface area contributed by atoms with Crippen LogP contribution in [0.15, 0.2) is 54.6 Å². The maximum Gasteiger partial charge on any atom is 0.319 e. The normalized spacial score (nSPS) is 17.7. The van der Waals surface area contributed by atoms with Gasteiger partial charge in [-0.25, -0.2) is 4.79 Å². The van der Waals surface area contributed by atoms with E-state index in [4.69, 9.17) is 16.3 Å². The Morgan fingerprint density at radius 3 is 2.73 bits per heavy atom. The van der Waals surface area contributed by atoms with E-state index in [2.05, 4.69) is 27.7 Å². The highest BCUT2D eigenvalue weighted by Crippen LogP contribution is 2.22. The molecule has 2 aromatic rings. The summed E-state index contributed by atoms with van der Waals surface area (Å²) in [7, 11) is 0. The predicted molar refractivity (Wildman–Crippen MR) is 105 cm³/mol. The Morgan fingerprint density at radius 1 is 1.15 bits per heavy atom. The molecule has 1 atom stereocenters. The second kappa shape index (κ2) is 9.57. The molecule has 5 nitrogen and oxygen atoms in total.